The number of methoxy groups -OCH3 is 1. The van der Waals surface area contributed by atoms with E-state index in [9.17, 15) is 9.90 Å². The molecule has 2 atom stereocenters. The summed E-state index contributed by atoms with van der Waals surface area (Å²) in [7, 11) is 1.71. The van der Waals surface area contributed by atoms with Crippen LogP contribution in [0, 0.1) is 5.92 Å². The van der Waals surface area contributed by atoms with Crippen LogP contribution in [-0.2, 0) is 17.9 Å². The number of hydrogen-bond acceptors (Lipinski definition) is 4. The van der Waals surface area contributed by atoms with Crippen molar-refractivity contribution in [1.29, 1.82) is 0 Å². The highest BCUT2D eigenvalue weighted by Gasteiger charge is 2.37. The smallest absolute Gasteiger partial charge is 0.219 e. The molecule has 172 valence electrons. The van der Waals surface area contributed by atoms with E-state index in [1.54, 1.807) is 20.1 Å². The third-order valence-corrected chi connectivity index (χ3v) is 6.56. The van der Waals surface area contributed by atoms with Gasteiger partial charge in [0.25, 0.3) is 0 Å². The molecule has 0 aliphatic carbocycles. The van der Waals surface area contributed by atoms with Crippen molar-refractivity contribution < 1.29 is 14.6 Å². The molecule has 0 spiro atoms. The van der Waals surface area contributed by atoms with Gasteiger partial charge in [0.15, 0.2) is 0 Å². The Balaban J connectivity index is 1.59. The van der Waals surface area contributed by atoms with Gasteiger partial charge in [-0.15, -0.1) is 0 Å². The van der Waals surface area contributed by atoms with Crippen molar-refractivity contribution in [2.45, 2.75) is 25.9 Å². The standard InChI is InChI=1S/C28H32N2O3/c1-21(31)30(16-22-10-4-3-5-11-22)19-24-18-29(17-23-12-6-8-14-27(23)32)20-26(24)25-13-7-9-15-28(25)33-2/h3-15,24,26,32H,16-20H2,1-2H3. The molecule has 5 heteroatoms. The number of para-hydroxylation sites is 2. The van der Waals surface area contributed by atoms with Gasteiger partial charge in [-0.05, 0) is 29.2 Å². The first-order chi connectivity index (χ1) is 16.0. The highest BCUT2D eigenvalue weighted by Crippen LogP contribution is 2.39. The summed E-state index contributed by atoms with van der Waals surface area (Å²) in [6.07, 6.45) is 0. The van der Waals surface area contributed by atoms with Crippen molar-refractivity contribution in [2.24, 2.45) is 5.92 Å². The summed E-state index contributed by atoms with van der Waals surface area (Å²) in [5.74, 6) is 1.76. The van der Waals surface area contributed by atoms with Crippen LogP contribution >= 0.6 is 0 Å². The van der Waals surface area contributed by atoms with Crippen molar-refractivity contribution in [3.63, 3.8) is 0 Å². The highest BCUT2D eigenvalue weighted by molar-refractivity contribution is 5.73. The monoisotopic (exact) mass is 444 g/mol. The first kappa shape index (κ1) is 22.9. The Morgan fingerprint density at radius 2 is 1.70 bits per heavy atom. The van der Waals surface area contributed by atoms with Crippen LogP contribution in [0.15, 0.2) is 78.9 Å². The molecule has 0 aromatic heterocycles. The van der Waals surface area contributed by atoms with Crippen LogP contribution in [0.5, 0.6) is 11.5 Å². The minimum absolute atomic E-state index is 0.0804. The molecule has 1 heterocycles. The number of aromatic hydroxyl groups is 1. The zero-order valence-electron chi connectivity index (χ0n) is 19.4. The molecular formula is C28H32N2O3. The Labute approximate surface area is 196 Å². The van der Waals surface area contributed by atoms with Gasteiger partial charge in [-0.1, -0.05) is 66.7 Å². The van der Waals surface area contributed by atoms with Crippen LogP contribution < -0.4 is 4.74 Å². The lowest BCUT2D eigenvalue weighted by Crippen LogP contribution is -2.35. The van der Waals surface area contributed by atoms with E-state index < -0.39 is 0 Å². The summed E-state index contributed by atoms with van der Waals surface area (Å²) in [5.41, 5.74) is 3.23. The number of phenols is 1. The Bertz CT molecular complexity index is 1070. The lowest BCUT2D eigenvalue weighted by Gasteiger charge is -2.28. The maximum atomic E-state index is 12.6. The van der Waals surface area contributed by atoms with Gasteiger partial charge in [-0.3, -0.25) is 9.69 Å². The van der Waals surface area contributed by atoms with Crippen molar-refractivity contribution in [1.82, 2.24) is 9.80 Å². The quantitative estimate of drug-likeness (QED) is 0.549. The Morgan fingerprint density at radius 3 is 2.42 bits per heavy atom. The molecule has 1 fully saturated rings. The van der Waals surface area contributed by atoms with E-state index in [0.29, 0.717) is 25.4 Å². The maximum Gasteiger partial charge on any atom is 0.219 e. The molecule has 5 nitrogen and oxygen atoms in total. The van der Waals surface area contributed by atoms with E-state index in [-0.39, 0.29) is 17.7 Å². The number of nitrogens with zero attached hydrogens (tertiary/aromatic N) is 2. The summed E-state index contributed by atoms with van der Waals surface area (Å²) in [6, 6.07) is 25.8. The van der Waals surface area contributed by atoms with Crippen molar-refractivity contribution in [3.8, 4) is 11.5 Å². The third-order valence-electron chi connectivity index (χ3n) is 6.56. The second-order valence-electron chi connectivity index (χ2n) is 8.82. The molecule has 0 bridgehead atoms. The number of carbonyl (C=O) groups is 1. The molecule has 33 heavy (non-hydrogen) atoms. The number of benzene rings is 3. The van der Waals surface area contributed by atoms with Gasteiger partial charge in [0.1, 0.15) is 11.5 Å². The Hall–Kier alpha value is -3.31. The normalized spacial score (nSPS) is 18.2. The van der Waals surface area contributed by atoms with Crippen LogP contribution in [0.1, 0.15) is 29.5 Å². The molecule has 2 unspecified atom stereocenters. The maximum absolute atomic E-state index is 12.6. The van der Waals surface area contributed by atoms with E-state index >= 15 is 0 Å². The predicted octanol–water partition coefficient (Wildman–Crippen LogP) is 4.67. The summed E-state index contributed by atoms with van der Waals surface area (Å²) in [4.78, 5) is 16.9. The molecule has 3 aromatic rings. The Kier molecular flexibility index (Phi) is 7.30. The molecule has 0 saturated carbocycles. The van der Waals surface area contributed by atoms with Crippen LogP contribution in [-0.4, -0.2) is 47.6 Å². The van der Waals surface area contributed by atoms with E-state index in [2.05, 4.69) is 23.1 Å². The number of phenolic OH excluding ortho intramolecular Hbond substituents is 1. The molecule has 1 amide bonds. The predicted molar refractivity (Wildman–Crippen MR) is 130 cm³/mol. The first-order valence-corrected chi connectivity index (χ1v) is 11.5. The van der Waals surface area contributed by atoms with Gasteiger partial charge >= 0.3 is 0 Å². The molecule has 3 aromatic carbocycles. The number of ether oxygens (including phenoxy) is 1. The molecular weight excluding hydrogens is 412 g/mol. The van der Waals surface area contributed by atoms with Crippen molar-refractivity contribution in [2.75, 3.05) is 26.7 Å². The second-order valence-corrected chi connectivity index (χ2v) is 8.82. The summed E-state index contributed by atoms with van der Waals surface area (Å²) >= 11 is 0. The van der Waals surface area contributed by atoms with Crippen molar-refractivity contribution >= 4 is 5.91 Å². The van der Waals surface area contributed by atoms with Crippen LogP contribution in [0.2, 0.25) is 0 Å². The number of likely N-dealkylation sites (tertiary alicyclic amines) is 1. The number of hydrogen-bond donors (Lipinski definition) is 1. The molecule has 0 radical (unpaired) electrons. The van der Waals surface area contributed by atoms with E-state index in [1.165, 1.54) is 5.56 Å². The number of rotatable bonds is 8. The fourth-order valence-electron chi connectivity index (χ4n) is 4.88. The third kappa shape index (κ3) is 5.55. The number of carbonyl (C=O) groups excluding carboxylic acids is 1. The zero-order chi connectivity index (χ0) is 23.2. The highest BCUT2D eigenvalue weighted by atomic mass is 16.5. The van der Waals surface area contributed by atoms with Gasteiger partial charge in [0, 0.05) is 51.1 Å². The van der Waals surface area contributed by atoms with Gasteiger partial charge in [-0.2, -0.15) is 0 Å². The summed E-state index contributed by atoms with van der Waals surface area (Å²) in [5, 5.41) is 10.3. The summed E-state index contributed by atoms with van der Waals surface area (Å²) < 4.78 is 5.69. The molecule has 1 aliphatic heterocycles. The topological polar surface area (TPSA) is 53.0 Å². The average molecular weight is 445 g/mol. The Morgan fingerprint density at radius 1 is 1.00 bits per heavy atom. The van der Waals surface area contributed by atoms with Gasteiger partial charge in [0.2, 0.25) is 5.91 Å². The fraction of sp³-hybridized carbons (Fsp3) is 0.321. The lowest BCUT2D eigenvalue weighted by molar-refractivity contribution is -0.130. The molecule has 1 aliphatic rings. The lowest BCUT2D eigenvalue weighted by atomic mass is 9.87. The van der Waals surface area contributed by atoms with Crippen LogP contribution in [0.25, 0.3) is 0 Å². The summed E-state index contributed by atoms with van der Waals surface area (Å²) in [6.45, 7) is 5.28. The van der Waals surface area contributed by atoms with E-state index in [1.807, 2.05) is 59.5 Å². The fourth-order valence-corrected chi connectivity index (χ4v) is 4.88. The van der Waals surface area contributed by atoms with Crippen molar-refractivity contribution in [3.05, 3.63) is 95.6 Å². The largest absolute Gasteiger partial charge is 0.508 e. The SMILES string of the molecule is COc1ccccc1C1CN(Cc2ccccc2O)CC1CN(Cc1ccccc1)C(C)=O. The second kappa shape index (κ2) is 10.5. The molecule has 1 N–H and O–H groups in total. The number of amides is 1. The van der Waals surface area contributed by atoms with E-state index in [4.69, 9.17) is 4.74 Å². The van der Waals surface area contributed by atoms with Gasteiger partial charge in [-0.25, -0.2) is 0 Å². The molecule has 4 rings (SSSR count). The minimum atomic E-state index is 0.0804. The van der Waals surface area contributed by atoms with E-state index in [0.717, 1.165) is 30.0 Å². The first-order valence-electron chi connectivity index (χ1n) is 11.5. The average Bonchev–Trinajstić information content (AvgIpc) is 3.22. The minimum Gasteiger partial charge on any atom is -0.508 e. The molecule has 1 saturated heterocycles. The van der Waals surface area contributed by atoms with Crippen LogP contribution in [0.3, 0.4) is 0 Å². The van der Waals surface area contributed by atoms with Gasteiger partial charge < -0.3 is 14.7 Å². The van der Waals surface area contributed by atoms with Gasteiger partial charge in [0.05, 0.1) is 7.11 Å². The van der Waals surface area contributed by atoms with Crippen LogP contribution in [0.4, 0.5) is 0 Å². The zero-order valence-corrected chi connectivity index (χ0v) is 19.4.